The summed E-state index contributed by atoms with van der Waals surface area (Å²) in [4.78, 5) is 12.9. The summed E-state index contributed by atoms with van der Waals surface area (Å²) in [5.41, 5.74) is 0.971. The predicted molar refractivity (Wildman–Crippen MR) is 113 cm³/mol. The Kier molecular flexibility index (Phi) is 6.61. The van der Waals surface area contributed by atoms with Gasteiger partial charge in [0.1, 0.15) is 0 Å². The predicted octanol–water partition coefficient (Wildman–Crippen LogP) is 2.06. The van der Waals surface area contributed by atoms with Crippen LogP contribution in [0.15, 0.2) is 52.3 Å². The fraction of sp³-hybridized carbons (Fsp3) is 0.350. The standard InChI is InChI=1S/C20H24N2O6S2/c1-3-29(24,25)19-7-5-4-6-17(19)20(23)21-18-14-16(9-8-15(18)2)30(26,27)22-10-12-28-13-11-22/h4-9,14H,3,10-13H2,1-2H3,(H,21,23). The molecule has 1 N–H and O–H groups in total. The van der Waals surface area contributed by atoms with Gasteiger partial charge in [0, 0.05) is 18.8 Å². The molecule has 1 aliphatic heterocycles. The van der Waals surface area contributed by atoms with Crippen LogP contribution < -0.4 is 5.32 Å². The molecule has 0 aromatic heterocycles. The molecule has 2 aromatic rings. The molecule has 3 rings (SSSR count). The molecule has 0 bridgehead atoms. The Morgan fingerprint density at radius 2 is 1.73 bits per heavy atom. The van der Waals surface area contributed by atoms with E-state index < -0.39 is 25.8 Å². The van der Waals surface area contributed by atoms with E-state index in [-0.39, 0.29) is 34.2 Å². The van der Waals surface area contributed by atoms with Crippen LogP contribution in [0.4, 0.5) is 5.69 Å². The summed E-state index contributed by atoms with van der Waals surface area (Å²) < 4.78 is 57.0. The number of anilines is 1. The first-order valence-corrected chi connectivity index (χ1v) is 12.6. The van der Waals surface area contributed by atoms with Crippen molar-refractivity contribution in [1.82, 2.24) is 4.31 Å². The maximum Gasteiger partial charge on any atom is 0.256 e. The third-order valence-electron chi connectivity index (χ3n) is 4.91. The van der Waals surface area contributed by atoms with Gasteiger partial charge in [-0.15, -0.1) is 0 Å². The third kappa shape index (κ3) is 4.56. The highest BCUT2D eigenvalue weighted by atomic mass is 32.2. The average molecular weight is 453 g/mol. The highest BCUT2D eigenvalue weighted by molar-refractivity contribution is 7.91. The fourth-order valence-corrected chi connectivity index (χ4v) is 5.63. The van der Waals surface area contributed by atoms with Crippen molar-refractivity contribution in [1.29, 1.82) is 0 Å². The van der Waals surface area contributed by atoms with Crippen LogP contribution in [0.3, 0.4) is 0 Å². The Balaban J connectivity index is 1.93. The zero-order chi connectivity index (χ0) is 21.9. The number of hydrogen-bond donors (Lipinski definition) is 1. The van der Waals surface area contributed by atoms with E-state index in [1.165, 1.54) is 35.5 Å². The van der Waals surface area contributed by atoms with Crippen molar-refractivity contribution in [3.63, 3.8) is 0 Å². The summed E-state index contributed by atoms with van der Waals surface area (Å²) in [7, 11) is -7.33. The Hall–Kier alpha value is -2.27. The molecule has 2 aromatic carbocycles. The Morgan fingerprint density at radius 1 is 1.07 bits per heavy atom. The number of nitrogens with zero attached hydrogens (tertiary/aromatic N) is 1. The first-order valence-electron chi connectivity index (χ1n) is 9.48. The van der Waals surface area contributed by atoms with Gasteiger partial charge in [0.25, 0.3) is 5.91 Å². The number of hydrogen-bond acceptors (Lipinski definition) is 6. The zero-order valence-corrected chi connectivity index (χ0v) is 18.4. The van der Waals surface area contributed by atoms with Crippen LogP contribution in [-0.4, -0.2) is 59.1 Å². The molecular formula is C20H24N2O6S2. The number of sulfone groups is 1. The van der Waals surface area contributed by atoms with E-state index in [0.717, 1.165) is 0 Å². The first-order chi connectivity index (χ1) is 14.2. The molecule has 162 valence electrons. The number of aryl methyl sites for hydroxylation is 1. The number of rotatable bonds is 6. The van der Waals surface area contributed by atoms with E-state index in [1.807, 2.05) is 0 Å². The van der Waals surface area contributed by atoms with Gasteiger partial charge < -0.3 is 10.1 Å². The lowest BCUT2D eigenvalue weighted by Gasteiger charge is -2.26. The molecule has 1 heterocycles. The number of ether oxygens (including phenoxy) is 1. The van der Waals surface area contributed by atoms with Crippen LogP contribution >= 0.6 is 0 Å². The number of carbonyl (C=O) groups excluding carboxylic acids is 1. The van der Waals surface area contributed by atoms with Gasteiger partial charge in [-0.3, -0.25) is 4.79 Å². The fourth-order valence-electron chi connectivity index (χ4n) is 3.10. The van der Waals surface area contributed by atoms with Crippen LogP contribution in [0.5, 0.6) is 0 Å². The van der Waals surface area contributed by atoms with Gasteiger partial charge in [0.15, 0.2) is 9.84 Å². The lowest BCUT2D eigenvalue weighted by Crippen LogP contribution is -2.40. The minimum Gasteiger partial charge on any atom is -0.379 e. The molecule has 10 heteroatoms. The van der Waals surface area contributed by atoms with E-state index >= 15 is 0 Å². The molecule has 0 spiro atoms. The number of carbonyl (C=O) groups is 1. The number of morpholine rings is 1. The van der Waals surface area contributed by atoms with Crippen LogP contribution in [-0.2, 0) is 24.6 Å². The maximum absolute atomic E-state index is 12.9. The average Bonchev–Trinajstić information content (AvgIpc) is 2.75. The summed E-state index contributed by atoms with van der Waals surface area (Å²) in [6.45, 7) is 4.43. The topological polar surface area (TPSA) is 110 Å². The highest BCUT2D eigenvalue weighted by Gasteiger charge is 2.27. The van der Waals surface area contributed by atoms with Crippen LogP contribution in [0.2, 0.25) is 0 Å². The maximum atomic E-state index is 12.9. The first kappa shape index (κ1) is 22.4. The number of benzene rings is 2. The molecule has 0 radical (unpaired) electrons. The minimum absolute atomic E-state index is 0.0141. The quantitative estimate of drug-likeness (QED) is 0.718. The van der Waals surface area contributed by atoms with E-state index in [4.69, 9.17) is 4.74 Å². The molecule has 0 atom stereocenters. The molecule has 0 unspecified atom stereocenters. The van der Waals surface area contributed by atoms with Gasteiger partial charge in [0.2, 0.25) is 10.0 Å². The number of amides is 1. The smallest absolute Gasteiger partial charge is 0.256 e. The second kappa shape index (κ2) is 8.84. The Labute approximate surface area is 176 Å². The number of nitrogens with one attached hydrogen (secondary N) is 1. The van der Waals surface area contributed by atoms with Crippen LogP contribution in [0.1, 0.15) is 22.8 Å². The van der Waals surface area contributed by atoms with Crippen molar-refractivity contribution in [2.45, 2.75) is 23.6 Å². The second-order valence-electron chi connectivity index (χ2n) is 6.85. The lowest BCUT2D eigenvalue weighted by atomic mass is 10.1. The molecule has 1 aliphatic rings. The van der Waals surface area contributed by atoms with Gasteiger partial charge >= 0.3 is 0 Å². The number of sulfonamides is 1. The minimum atomic E-state index is -3.73. The van der Waals surface area contributed by atoms with E-state index in [1.54, 1.807) is 25.1 Å². The van der Waals surface area contributed by atoms with Gasteiger partial charge in [-0.2, -0.15) is 4.31 Å². The molecule has 0 saturated carbocycles. The van der Waals surface area contributed by atoms with Crippen molar-refractivity contribution in [3.05, 3.63) is 53.6 Å². The van der Waals surface area contributed by atoms with Crippen molar-refractivity contribution >= 4 is 31.5 Å². The van der Waals surface area contributed by atoms with E-state index in [2.05, 4.69) is 5.32 Å². The molecule has 0 aliphatic carbocycles. The van der Waals surface area contributed by atoms with E-state index in [0.29, 0.717) is 24.5 Å². The van der Waals surface area contributed by atoms with Gasteiger partial charge in [-0.05, 0) is 36.8 Å². The van der Waals surface area contributed by atoms with Gasteiger partial charge in [0.05, 0.1) is 34.3 Å². The second-order valence-corrected chi connectivity index (χ2v) is 11.0. The van der Waals surface area contributed by atoms with Crippen LogP contribution in [0.25, 0.3) is 0 Å². The molecule has 8 nitrogen and oxygen atoms in total. The van der Waals surface area contributed by atoms with Crippen molar-refractivity contribution in [3.8, 4) is 0 Å². The SMILES string of the molecule is CCS(=O)(=O)c1ccccc1C(=O)Nc1cc(S(=O)(=O)N2CCOCC2)ccc1C. The lowest BCUT2D eigenvalue weighted by molar-refractivity contribution is 0.0730. The summed E-state index contributed by atoms with van der Waals surface area (Å²) in [5, 5.41) is 2.67. The summed E-state index contributed by atoms with van der Waals surface area (Å²) >= 11 is 0. The normalized spacial score (nSPS) is 15.7. The van der Waals surface area contributed by atoms with Crippen molar-refractivity contribution in [2.24, 2.45) is 0 Å². The van der Waals surface area contributed by atoms with Crippen molar-refractivity contribution in [2.75, 3.05) is 37.4 Å². The monoisotopic (exact) mass is 452 g/mol. The van der Waals surface area contributed by atoms with Crippen molar-refractivity contribution < 1.29 is 26.4 Å². The summed E-state index contributed by atoms with van der Waals surface area (Å²) in [6.07, 6.45) is 0. The molecule has 1 amide bonds. The molecule has 30 heavy (non-hydrogen) atoms. The largest absolute Gasteiger partial charge is 0.379 e. The van der Waals surface area contributed by atoms with E-state index in [9.17, 15) is 21.6 Å². The van der Waals surface area contributed by atoms with Gasteiger partial charge in [-0.25, -0.2) is 16.8 Å². The molecule has 1 saturated heterocycles. The zero-order valence-electron chi connectivity index (χ0n) is 16.8. The Morgan fingerprint density at radius 3 is 2.40 bits per heavy atom. The summed E-state index contributed by atoms with van der Waals surface area (Å²) in [5.74, 6) is -0.754. The third-order valence-corrected chi connectivity index (χ3v) is 8.59. The molecule has 1 fully saturated rings. The van der Waals surface area contributed by atoms with Crippen LogP contribution in [0, 0.1) is 6.92 Å². The van der Waals surface area contributed by atoms with Gasteiger partial charge in [-0.1, -0.05) is 25.1 Å². The Bertz CT molecular complexity index is 1150. The highest BCUT2D eigenvalue weighted by Crippen LogP contribution is 2.25. The molecular weight excluding hydrogens is 428 g/mol. The summed E-state index contributed by atoms with van der Waals surface area (Å²) in [6, 6.07) is 10.5.